The van der Waals surface area contributed by atoms with E-state index in [9.17, 15) is 0 Å². The number of nitrogens with one attached hydrogen (secondary N) is 2. The zero-order valence-electron chi connectivity index (χ0n) is 17.0. The van der Waals surface area contributed by atoms with Crippen LogP contribution in [0.1, 0.15) is 0 Å². The van der Waals surface area contributed by atoms with Gasteiger partial charge in [0.05, 0.1) is 28.4 Å². The van der Waals surface area contributed by atoms with Crippen LogP contribution in [0.3, 0.4) is 0 Å². The molecular formula is C25H22N6. The molecule has 4 heterocycles. The van der Waals surface area contributed by atoms with Crippen LogP contribution in [0.25, 0.3) is 44.6 Å². The first-order chi connectivity index (χ1) is 15.3. The molecular weight excluding hydrogens is 384 g/mol. The first-order valence-corrected chi connectivity index (χ1v) is 10.6. The predicted octanol–water partition coefficient (Wildman–Crippen LogP) is 4.25. The Kier molecular flexibility index (Phi) is 4.35. The fourth-order valence-corrected chi connectivity index (χ4v) is 4.17. The maximum atomic E-state index is 4.82. The van der Waals surface area contributed by atoms with E-state index in [4.69, 9.17) is 9.97 Å². The van der Waals surface area contributed by atoms with Gasteiger partial charge in [-0.05, 0) is 24.3 Å². The number of H-pyrrole nitrogens is 1. The second-order valence-electron chi connectivity index (χ2n) is 7.88. The molecule has 2 aromatic carbocycles. The van der Waals surface area contributed by atoms with Crippen LogP contribution >= 0.6 is 0 Å². The number of hydrogen-bond acceptors (Lipinski definition) is 5. The smallest absolute Gasteiger partial charge is 0.140 e. The van der Waals surface area contributed by atoms with Crippen molar-refractivity contribution in [1.29, 1.82) is 0 Å². The molecule has 3 aromatic heterocycles. The number of benzene rings is 2. The van der Waals surface area contributed by atoms with Crippen molar-refractivity contribution >= 4 is 27.6 Å². The van der Waals surface area contributed by atoms with Crippen molar-refractivity contribution in [3.05, 3.63) is 73.1 Å². The van der Waals surface area contributed by atoms with Gasteiger partial charge < -0.3 is 15.2 Å². The molecule has 1 aliphatic heterocycles. The van der Waals surface area contributed by atoms with Crippen LogP contribution in [0.2, 0.25) is 0 Å². The number of imidazole rings is 1. The molecule has 0 aliphatic carbocycles. The summed E-state index contributed by atoms with van der Waals surface area (Å²) in [5.41, 5.74) is 7.04. The summed E-state index contributed by atoms with van der Waals surface area (Å²) in [7, 11) is 0. The highest BCUT2D eigenvalue weighted by molar-refractivity contribution is 5.87. The van der Waals surface area contributed by atoms with Crippen LogP contribution in [0.15, 0.2) is 73.1 Å². The van der Waals surface area contributed by atoms with Gasteiger partial charge in [-0.25, -0.2) is 4.98 Å². The summed E-state index contributed by atoms with van der Waals surface area (Å²) in [5, 5.41) is 4.51. The molecule has 0 atom stereocenters. The highest BCUT2D eigenvalue weighted by Crippen LogP contribution is 2.27. The van der Waals surface area contributed by atoms with Crippen LogP contribution in [-0.4, -0.2) is 46.1 Å². The van der Waals surface area contributed by atoms with Gasteiger partial charge in [0.1, 0.15) is 5.82 Å². The first kappa shape index (κ1) is 18.0. The summed E-state index contributed by atoms with van der Waals surface area (Å²) in [6.45, 7) is 4.11. The van der Waals surface area contributed by atoms with Crippen LogP contribution in [-0.2, 0) is 0 Å². The van der Waals surface area contributed by atoms with Crippen LogP contribution in [0, 0.1) is 0 Å². The number of rotatable bonds is 3. The number of aromatic amines is 1. The van der Waals surface area contributed by atoms with E-state index < -0.39 is 0 Å². The third-order valence-electron chi connectivity index (χ3n) is 5.86. The van der Waals surface area contributed by atoms with Crippen molar-refractivity contribution in [3.8, 4) is 22.6 Å². The largest absolute Gasteiger partial charge is 0.369 e. The molecule has 1 aliphatic rings. The van der Waals surface area contributed by atoms with E-state index in [1.807, 2.05) is 36.7 Å². The molecule has 6 heteroatoms. The monoisotopic (exact) mass is 406 g/mol. The van der Waals surface area contributed by atoms with E-state index in [1.54, 1.807) is 0 Å². The molecule has 0 saturated carbocycles. The Bertz CT molecular complexity index is 1370. The normalized spacial score (nSPS) is 14.4. The highest BCUT2D eigenvalue weighted by atomic mass is 15.2. The van der Waals surface area contributed by atoms with Gasteiger partial charge in [0.15, 0.2) is 0 Å². The third-order valence-corrected chi connectivity index (χ3v) is 5.86. The molecule has 6 rings (SSSR count). The number of fused-ring (bicyclic) bond motifs is 2. The van der Waals surface area contributed by atoms with E-state index in [0.29, 0.717) is 0 Å². The number of anilines is 1. The lowest BCUT2D eigenvalue weighted by Gasteiger charge is -2.29. The average molecular weight is 406 g/mol. The van der Waals surface area contributed by atoms with Crippen LogP contribution in [0.5, 0.6) is 0 Å². The molecule has 5 aromatic rings. The molecule has 2 N–H and O–H groups in total. The van der Waals surface area contributed by atoms with Gasteiger partial charge in [0, 0.05) is 54.6 Å². The van der Waals surface area contributed by atoms with Gasteiger partial charge in [-0.3, -0.25) is 9.97 Å². The Morgan fingerprint density at radius 3 is 2.52 bits per heavy atom. The Morgan fingerprint density at radius 1 is 0.774 bits per heavy atom. The van der Waals surface area contributed by atoms with E-state index in [1.165, 1.54) is 5.69 Å². The predicted molar refractivity (Wildman–Crippen MR) is 125 cm³/mol. The van der Waals surface area contributed by atoms with Gasteiger partial charge in [-0.15, -0.1) is 0 Å². The molecule has 0 bridgehead atoms. The lowest BCUT2D eigenvalue weighted by Crippen LogP contribution is -2.43. The number of hydrogen-bond donors (Lipinski definition) is 2. The fourth-order valence-electron chi connectivity index (χ4n) is 4.17. The van der Waals surface area contributed by atoms with E-state index in [2.05, 4.69) is 56.6 Å². The fraction of sp³-hybridized carbons (Fsp3) is 0.160. The van der Waals surface area contributed by atoms with Crippen molar-refractivity contribution in [2.45, 2.75) is 0 Å². The lowest BCUT2D eigenvalue weighted by atomic mass is 10.1. The molecule has 1 saturated heterocycles. The van der Waals surface area contributed by atoms with Crippen molar-refractivity contribution in [1.82, 2.24) is 25.3 Å². The summed E-state index contributed by atoms with van der Waals surface area (Å²) >= 11 is 0. The minimum atomic E-state index is 0.808. The lowest BCUT2D eigenvalue weighted by molar-refractivity contribution is 0.589. The Morgan fingerprint density at radius 2 is 1.65 bits per heavy atom. The van der Waals surface area contributed by atoms with Crippen molar-refractivity contribution in [2.75, 3.05) is 31.1 Å². The average Bonchev–Trinajstić information content (AvgIpc) is 3.28. The summed E-state index contributed by atoms with van der Waals surface area (Å²) < 4.78 is 0. The maximum Gasteiger partial charge on any atom is 0.140 e. The van der Waals surface area contributed by atoms with Crippen LogP contribution in [0.4, 0.5) is 5.69 Å². The van der Waals surface area contributed by atoms with Gasteiger partial charge in [0.25, 0.3) is 0 Å². The van der Waals surface area contributed by atoms with Crippen LogP contribution < -0.4 is 10.2 Å². The zero-order chi connectivity index (χ0) is 20.6. The Hall–Kier alpha value is -3.77. The molecule has 0 amide bonds. The molecule has 6 nitrogen and oxygen atoms in total. The van der Waals surface area contributed by atoms with Gasteiger partial charge >= 0.3 is 0 Å². The minimum Gasteiger partial charge on any atom is -0.369 e. The number of nitrogens with zero attached hydrogens (tertiary/aromatic N) is 4. The van der Waals surface area contributed by atoms with Crippen molar-refractivity contribution in [2.24, 2.45) is 0 Å². The summed E-state index contributed by atoms with van der Waals surface area (Å²) in [4.78, 5) is 19.9. The quantitative estimate of drug-likeness (QED) is 0.469. The van der Waals surface area contributed by atoms with Gasteiger partial charge in [-0.1, -0.05) is 36.4 Å². The molecule has 0 unspecified atom stereocenters. The summed E-state index contributed by atoms with van der Waals surface area (Å²) in [6, 6.07) is 20.9. The number of pyridine rings is 2. The first-order valence-electron chi connectivity index (χ1n) is 10.6. The third kappa shape index (κ3) is 3.41. The van der Waals surface area contributed by atoms with Crippen molar-refractivity contribution in [3.63, 3.8) is 0 Å². The molecule has 152 valence electrons. The Balaban J connectivity index is 1.34. The summed E-state index contributed by atoms with van der Waals surface area (Å²) in [6.07, 6.45) is 3.75. The van der Waals surface area contributed by atoms with E-state index in [-0.39, 0.29) is 0 Å². The topological polar surface area (TPSA) is 69.7 Å². The minimum absolute atomic E-state index is 0.808. The summed E-state index contributed by atoms with van der Waals surface area (Å²) in [5.74, 6) is 0.808. The van der Waals surface area contributed by atoms with Crippen molar-refractivity contribution < 1.29 is 0 Å². The second-order valence-corrected chi connectivity index (χ2v) is 7.88. The maximum absolute atomic E-state index is 4.82. The van der Waals surface area contributed by atoms with Gasteiger partial charge in [-0.2, -0.15) is 0 Å². The van der Waals surface area contributed by atoms with E-state index in [0.717, 1.165) is 70.8 Å². The SMILES string of the molecule is c1ccc(-c2cc3nc(-c4cnc5cc(N6CCNCC6)ccc5c4)[nH]c3cn2)cc1. The number of aromatic nitrogens is 4. The molecule has 31 heavy (non-hydrogen) atoms. The van der Waals surface area contributed by atoms with Gasteiger partial charge in [0.2, 0.25) is 0 Å². The molecule has 0 radical (unpaired) electrons. The molecule has 0 spiro atoms. The van der Waals surface area contributed by atoms with E-state index >= 15 is 0 Å². The highest BCUT2D eigenvalue weighted by Gasteiger charge is 2.12. The standard InChI is InChI=1S/C25H22N6/c1-2-4-17(5-3-1)22-14-23-24(16-28-22)30-25(29-23)19-12-18-6-7-20(13-21(18)27-15-19)31-10-8-26-9-11-31/h1-7,12-16,26H,8-11H2,(H,29,30). The number of piperazine rings is 1. The Labute approximate surface area is 180 Å². The second kappa shape index (κ2) is 7.49. The zero-order valence-corrected chi connectivity index (χ0v) is 17.0. The molecule has 1 fully saturated rings.